The number of likely N-dealkylation sites (tertiary alicyclic amines) is 1. The van der Waals surface area contributed by atoms with Crippen molar-refractivity contribution in [3.8, 4) is 0 Å². The van der Waals surface area contributed by atoms with Crippen LogP contribution in [-0.2, 0) is 25.8 Å². The molecule has 0 saturated carbocycles. The molecule has 2 aromatic carbocycles. The minimum Gasteiger partial charge on any atom is -0.378 e. The number of sulfone groups is 1. The first-order valence-corrected chi connectivity index (χ1v) is 16.3. The number of nitrogens with zero attached hydrogens (tertiary/aromatic N) is 2. The normalized spacial score (nSPS) is 21.7. The van der Waals surface area contributed by atoms with Crippen molar-refractivity contribution >= 4 is 15.7 Å². The molecule has 6 nitrogen and oxygen atoms in total. The van der Waals surface area contributed by atoms with Gasteiger partial charge in [-0.25, -0.2) is 17.2 Å². The van der Waals surface area contributed by atoms with Crippen molar-refractivity contribution in [2.24, 2.45) is 5.92 Å². The Kier molecular flexibility index (Phi) is 10.4. The van der Waals surface area contributed by atoms with Gasteiger partial charge in [-0.3, -0.25) is 4.79 Å². The van der Waals surface area contributed by atoms with Crippen molar-refractivity contribution < 1.29 is 26.7 Å². The molecule has 2 aromatic rings. The first-order valence-electron chi connectivity index (χ1n) is 14.4. The third-order valence-corrected chi connectivity index (χ3v) is 9.66. The van der Waals surface area contributed by atoms with Crippen LogP contribution in [0.2, 0.25) is 0 Å². The fraction of sp³-hybridized carbons (Fsp3) is 0.581. The van der Waals surface area contributed by atoms with Gasteiger partial charge in [0.15, 0.2) is 9.84 Å². The summed E-state index contributed by atoms with van der Waals surface area (Å²) in [4.78, 5) is 17.8. The molecule has 2 heterocycles. The van der Waals surface area contributed by atoms with Crippen molar-refractivity contribution in [1.29, 1.82) is 0 Å². The second-order valence-electron chi connectivity index (χ2n) is 11.4. The van der Waals surface area contributed by atoms with Crippen LogP contribution in [-0.4, -0.2) is 75.3 Å². The van der Waals surface area contributed by atoms with Crippen LogP contribution in [0.4, 0.5) is 8.78 Å². The first kappa shape index (κ1) is 30.6. The molecule has 1 amide bonds. The second-order valence-corrected chi connectivity index (χ2v) is 13.4. The lowest BCUT2D eigenvalue weighted by Gasteiger charge is -2.39. The quantitative estimate of drug-likeness (QED) is 0.389. The molecule has 4 rings (SSSR count). The number of ether oxygens (including phenoxy) is 1. The van der Waals surface area contributed by atoms with E-state index < -0.39 is 21.5 Å². The zero-order chi connectivity index (χ0) is 28.9. The highest BCUT2D eigenvalue weighted by molar-refractivity contribution is 7.90. The van der Waals surface area contributed by atoms with Crippen molar-refractivity contribution in [2.75, 3.05) is 39.0 Å². The molecule has 0 aliphatic carbocycles. The number of hydrogen-bond donors (Lipinski definition) is 0. The highest BCUT2D eigenvalue weighted by Crippen LogP contribution is 2.37. The maximum atomic E-state index is 14.1. The number of benzene rings is 2. The van der Waals surface area contributed by atoms with Gasteiger partial charge < -0.3 is 14.5 Å². The number of hydrogen-bond acceptors (Lipinski definition) is 5. The highest BCUT2D eigenvalue weighted by Gasteiger charge is 2.31. The zero-order valence-electron chi connectivity index (χ0n) is 23.8. The van der Waals surface area contributed by atoms with Gasteiger partial charge >= 0.3 is 0 Å². The van der Waals surface area contributed by atoms with Gasteiger partial charge in [0.25, 0.3) is 0 Å². The Morgan fingerprint density at radius 3 is 2.30 bits per heavy atom. The Hall–Kier alpha value is -2.36. The van der Waals surface area contributed by atoms with Gasteiger partial charge in [-0.15, -0.1) is 0 Å². The molecular formula is C31H42F2N2O4S. The predicted octanol–water partition coefficient (Wildman–Crippen LogP) is 5.21. The van der Waals surface area contributed by atoms with E-state index >= 15 is 0 Å². The standard InChI is InChI=1S/C31H42F2N2O4S/c1-4-35(31(36)18-23-5-7-29(8-6-23)40(3,37)38)28-9-13-34(14-10-28)15-11-30(24-12-16-39-22(2)17-24)25-19-26(32)21-27(33)20-25/h5-8,19-22,24,28,30H,4,9-18H2,1-3H3/t22-,24?,30+/m0/s1. The van der Waals surface area contributed by atoms with Crippen LogP contribution in [0.25, 0.3) is 0 Å². The van der Waals surface area contributed by atoms with Crippen molar-refractivity contribution in [3.63, 3.8) is 0 Å². The number of carbonyl (C=O) groups is 1. The molecule has 0 bridgehead atoms. The van der Waals surface area contributed by atoms with E-state index in [1.54, 1.807) is 24.3 Å². The van der Waals surface area contributed by atoms with E-state index in [0.29, 0.717) is 19.1 Å². The molecule has 0 spiro atoms. The smallest absolute Gasteiger partial charge is 0.227 e. The topological polar surface area (TPSA) is 66.9 Å². The summed E-state index contributed by atoms with van der Waals surface area (Å²) in [5.41, 5.74) is 1.54. The van der Waals surface area contributed by atoms with E-state index in [1.165, 1.54) is 18.4 Å². The molecule has 2 fully saturated rings. The lowest BCUT2D eigenvalue weighted by Crippen LogP contribution is -2.48. The number of rotatable bonds is 10. The minimum atomic E-state index is -3.27. The molecule has 2 aliphatic rings. The van der Waals surface area contributed by atoms with Crippen molar-refractivity contribution in [2.45, 2.75) is 75.3 Å². The summed E-state index contributed by atoms with van der Waals surface area (Å²) in [5.74, 6) is -0.623. The Morgan fingerprint density at radius 2 is 1.73 bits per heavy atom. The Labute approximate surface area is 237 Å². The maximum absolute atomic E-state index is 14.1. The van der Waals surface area contributed by atoms with E-state index in [2.05, 4.69) is 11.8 Å². The monoisotopic (exact) mass is 576 g/mol. The van der Waals surface area contributed by atoms with E-state index in [0.717, 1.165) is 68.9 Å². The second kappa shape index (κ2) is 13.5. The minimum absolute atomic E-state index is 0.0508. The van der Waals surface area contributed by atoms with Crippen molar-refractivity contribution in [1.82, 2.24) is 9.80 Å². The Bertz CT molecular complexity index is 1230. The molecular weight excluding hydrogens is 534 g/mol. The van der Waals surface area contributed by atoms with Crippen LogP contribution in [0.1, 0.15) is 63.0 Å². The first-order chi connectivity index (χ1) is 19.0. The molecule has 3 atom stereocenters. The lowest BCUT2D eigenvalue weighted by molar-refractivity contribution is -0.133. The summed E-state index contributed by atoms with van der Waals surface area (Å²) in [6.45, 7) is 7.93. The third kappa shape index (κ3) is 8.10. The Balaban J connectivity index is 1.33. The average molecular weight is 577 g/mol. The lowest BCUT2D eigenvalue weighted by atomic mass is 9.77. The number of carbonyl (C=O) groups excluding carboxylic acids is 1. The highest BCUT2D eigenvalue weighted by atomic mass is 32.2. The maximum Gasteiger partial charge on any atom is 0.227 e. The molecule has 9 heteroatoms. The molecule has 1 unspecified atom stereocenters. The van der Waals surface area contributed by atoms with Crippen LogP contribution in [0, 0.1) is 17.6 Å². The summed E-state index contributed by atoms with van der Waals surface area (Å²) in [7, 11) is -3.27. The van der Waals surface area contributed by atoms with Crippen molar-refractivity contribution in [3.05, 3.63) is 65.2 Å². The average Bonchev–Trinajstić information content (AvgIpc) is 2.89. The van der Waals surface area contributed by atoms with Gasteiger partial charge in [-0.1, -0.05) is 12.1 Å². The molecule has 0 aromatic heterocycles. The van der Waals surface area contributed by atoms with Gasteiger partial charge in [-0.2, -0.15) is 0 Å². The Morgan fingerprint density at radius 1 is 1.07 bits per heavy atom. The van der Waals surface area contributed by atoms with E-state index in [1.807, 2.05) is 11.8 Å². The van der Waals surface area contributed by atoms with Gasteiger partial charge in [0.05, 0.1) is 17.4 Å². The van der Waals surface area contributed by atoms with Crippen LogP contribution in [0.3, 0.4) is 0 Å². The molecule has 0 N–H and O–H groups in total. The van der Waals surface area contributed by atoms with E-state index in [4.69, 9.17) is 4.74 Å². The largest absolute Gasteiger partial charge is 0.378 e. The van der Waals surface area contributed by atoms with Crippen LogP contribution in [0.15, 0.2) is 47.4 Å². The summed E-state index contributed by atoms with van der Waals surface area (Å²) in [6, 6.07) is 10.6. The van der Waals surface area contributed by atoms with Gasteiger partial charge in [0.2, 0.25) is 5.91 Å². The fourth-order valence-corrected chi connectivity index (χ4v) is 7.04. The molecule has 220 valence electrons. The number of amides is 1. The number of halogens is 2. The SMILES string of the molecule is CCN(C(=O)Cc1ccc(S(C)(=O)=O)cc1)C1CCN(CC[C@@H](c2cc(F)cc(F)c2)C2CCO[C@@H](C)C2)CC1. The molecule has 40 heavy (non-hydrogen) atoms. The summed E-state index contributed by atoms with van der Waals surface area (Å²) < 4.78 is 57.4. The zero-order valence-corrected chi connectivity index (χ0v) is 24.6. The molecule has 0 radical (unpaired) electrons. The third-order valence-electron chi connectivity index (χ3n) is 8.53. The summed E-state index contributed by atoms with van der Waals surface area (Å²) in [5, 5.41) is 0. The van der Waals surface area contributed by atoms with Gasteiger partial charge in [0.1, 0.15) is 11.6 Å². The number of likely N-dealkylation sites (N-methyl/N-ethyl adjacent to an activating group) is 1. The van der Waals surface area contributed by atoms with Crippen LogP contribution < -0.4 is 0 Å². The molecule has 2 saturated heterocycles. The summed E-state index contributed by atoms with van der Waals surface area (Å²) >= 11 is 0. The molecule has 2 aliphatic heterocycles. The van der Waals surface area contributed by atoms with Crippen LogP contribution >= 0.6 is 0 Å². The van der Waals surface area contributed by atoms with E-state index in [9.17, 15) is 22.0 Å². The summed E-state index contributed by atoms with van der Waals surface area (Å²) in [6.07, 6.45) is 5.91. The van der Waals surface area contributed by atoms with E-state index in [-0.39, 0.29) is 35.3 Å². The number of piperidine rings is 1. The van der Waals surface area contributed by atoms with Gasteiger partial charge in [-0.05, 0) is 99.7 Å². The predicted molar refractivity (Wildman–Crippen MR) is 152 cm³/mol. The fourth-order valence-electron chi connectivity index (χ4n) is 6.41. The van der Waals surface area contributed by atoms with Crippen LogP contribution in [0.5, 0.6) is 0 Å². The van der Waals surface area contributed by atoms with Gasteiger partial charge in [0, 0.05) is 44.6 Å².